The van der Waals surface area contributed by atoms with Crippen LogP contribution >= 0.6 is 0 Å². The lowest BCUT2D eigenvalue weighted by Gasteiger charge is -2.26. The second-order valence-electron chi connectivity index (χ2n) is 5.88. The van der Waals surface area contributed by atoms with E-state index in [1.54, 1.807) is 0 Å². The van der Waals surface area contributed by atoms with Crippen LogP contribution in [0.4, 0.5) is 20.2 Å². The van der Waals surface area contributed by atoms with Gasteiger partial charge in [-0.3, -0.25) is 9.59 Å². The van der Waals surface area contributed by atoms with Crippen molar-refractivity contribution in [3.63, 3.8) is 0 Å². The van der Waals surface area contributed by atoms with Crippen molar-refractivity contribution >= 4 is 23.2 Å². The zero-order valence-corrected chi connectivity index (χ0v) is 15.1. The van der Waals surface area contributed by atoms with Crippen molar-refractivity contribution in [1.29, 1.82) is 0 Å². The molecule has 0 aliphatic carbocycles. The molecule has 138 valence electrons. The predicted octanol–water partition coefficient (Wildman–Crippen LogP) is 4.08. The molecule has 0 bridgehead atoms. The van der Waals surface area contributed by atoms with Crippen molar-refractivity contribution in [3.8, 4) is 0 Å². The third kappa shape index (κ3) is 4.25. The Labute approximate surface area is 151 Å². The number of aryl methyl sites for hydroxylation is 2. The third-order valence-electron chi connectivity index (χ3n) is 4.14. The first-order valence-corrected chi connectivity index (χ1v) is 8.51. The molecule has 6 heteroatoms. The van der Waals surface area contributed by atoms with Crippen LogP contribution in [-0.4, -0.2) is 18.4 Å². The lowest BCUT2D eigenvalue weighted by atomic mass is 10.0. The smallest absolute Gasteiger partial charge is 0.244 e. The van der Waals surface area contributed by atoms with Crippen LogP contribution in [0.3, 0.4) is 0 Å². The van der Waals surface area contributed by atoms with Gasteiger partial charge in [0.1, 0.15) is 23.9 Å². The molecule has 0 saturated carbocycles. The largest absolute Gasteiger partial charge is 0.320 e. The first-order valence-electron chi connectivity index (χ1n) is 8.51. The number of nitrogens with one attached hydrogen (secondary N) is 1. The Balaban J connectivity index is 2.32. The molecule has 0 radical (unpaired) electrons. The van der Waals surface area contributed by atoms with Gasteiger partial charge < -0.3 is 10.2 Å². The molecule has 2 rings (SSSR count). The van der Waals surface area contributed by atoms with E-state index in [1.807, 2.05) is 32.0 Å². The second kappa shape index (κ2) is 8.56. The van der Waals surface area contributed by atoms with E-state index in [-0.39, 0.29) is 12.5 Å². The molecular formula is C20H22F2N2O2. The average Bonchev–Trinajstić information content (AvgIpc) is 2.62. The van der Waals surface area contributed by atoms with Crippen LogP contribution in [0.1, 0.15) is 31.9 Å². The van der Waals surface area contributed by atoms with E-state index in [1.165, 1.54) is 17.9 Å². The summed E-state index contributed by atoms with van der Waals surface area (Å²) in [5.74, 6) is -2.71. The van der Waals surface area contributed by atoms with Gasteiger partial charge in [0.25, 0.3) is 0 Å². The number of hydrogen-bond donors (Lipinski definition) is 1. The summed E-state index contributed by atoms with van der Waals surface area (Å²) in [7, 11) is 0. The number of para-hydroxylation sites is 2. The summed E-state index contributed by atoms with van der Waals surface area (Å²) in [4.78, 5) is 25.9. The molecule has 0 fully saturated rings. The molecule has 2 aromatic rings. The number of rotatable bonds is 6. The molecule has 0 heterocycles. The Morgan fingerprint density at radius 3 is 1.92 bits per heavy atom. The van der Waals surface area contributed by atoms with Gasteiger partial charge in [0.15, 0.2) is 0 Å². The molecular weight excluding hydrogens is 338 g/mol. The van der Waals surface area contributed by atoms with Crippen molar-refractivity contribution in [2.75, 3.05) is 16.8 Å². The minimum atomic E-state index is -0.865. The number of anilines is 2. The van der Waals surface area contributed by atoms with Gasteiger partial charge in [-0.15, -0.1) is 0 Å². The number of halogens is 2. The fourth-order valence-corrected chi connectivity index (χ4v) is 2.85. The molecule has 0 aromatic heterocycles. The fourth-order valence-electron chi connectivity index (χ4n) is 2.85. The lowest BCUT2D eigenvalue weighted by Crippen LogP contribution is -2.38. The minimum absolute atomic E-state index is 0.315. The molecule has 2 amide bonds. The van der Waals surface area contributed by atoms with E-state index < -0.39 is 23.2 Å². The molecule has 0 unspecified atom stereocenters. The zero-order valence-electron chi connectivity index (χ0n) is 15.1. The zero-order chi connectivity index (χ0) is 19.3. The van der Waals surface area contributed by atoms with Crippen molar-refractivity contribution in [1.82, 2.24) is 0 Å². The molecule has 2 aromatic carbocycles. The summed E-state index contributed by atoms with van der Waals surface area (Å²) in [6, 6.07) is 9.05. The number of amides is 2. The maximum atomic E-state index is 13.7. The Hall–Kier alpha value is -2.76. The summed E-state index contributed by atoms with van der Waals surface area (Å²) < 4.78 is 27.5. The van der Waals surface area contributed by atoms with Crippen molar-refractivity contribution in [2.45, 2.75) is 33.6 Å². The highest BCUT2D eigenvalue weighted by atomic mass is 19.1. The number of benzene rings is 2. The van der Waals surface area contributed by atoms with Crippen LogP contribution in [0.5, 0.6) is 0 Å². The highest BCUT2D eigenvalue weighted by molar-refractivity contribution is 6.02. The molecule has 0 saturated heterocycles. The topological polar surface area (TPSA) is 49.4 Å². The molecule has 26 heavy (non-hydrogen) atoms. The van der Waals surface area contributed by atoms with Crippen molar-refractivity contribution in [3.05, 3.63) is 59.2 Å². The van der Waals surface area contributed by atoms with Gasteiger partial charge in [-0.05, 0) is 36.1 Å². The van der Waals surface area contributed by atoms with E-state index in [0.29, 0.717) is 18.5 Å². The van der Waals surface area contributed by atoms with Gasteiger partial charge in [0, 0.05) is 6.92 Å². The van der Waals surface area contributed by atoms with Gasteiger partial charge in [0.05, 0.1) is 5.69 Å². The Kier molecular flexibility index (Phi) is 6.44. The number of carbonyl (C=O) groups is 2. The lowest BCUT2D eigenvalue weighted by molar-refractivity contribution is -0.120. The van der Waals surface area contributed by atoms with Crippen LogP contribution < -0.4 is 10.2 Å². The summed E-state index contributed by atoms with van der Waals surface area (Å²) in [5, 5.41) is 2.23. The SMILES string of the molecule is CCc1cccc(CC)c1N(CC(=O)Nc1c(F)cccc1F)C(C)=O. The van der Waals surface area contributed by atoms with Crippen LogP contribution in [0.25, 0.3) is 0 Å². The normalized spacial score (nSPS) is 10.5. The molecule has 0 aliphatic rings. The van der Waals surface area contributed by atoms with Gasteiger partial charge >= 0.3 is 0 Å². The van der Waals surface area contributed by atoms with Crippen molar-refractivity contribution < 1.29 is 18.4 Å². The Bertz CT molecular complexity index is 779. The maximum Gasteiger partial charge on any atom is 0.244 e. The molecule has 1 N–H and O–H groups in total. The quantitative estimate of drug-likeness (QED) is 0.844. The Morgan fingerprint density at radius 2 is 1.46 bits per heavy atom. The van der Waals surface area contributed by atoms with E-state index in [9.17, 15) is 18.4 Å². The number of carbonyl (C=O) groups excluding carboxylic acids is 2. The standard InChI is InChI=1S/C20H22F2N2O2/c1-4-14-8-6-9-15(5-2)20(14)24(13(3)25)12-18(26)23-19-16(21)10-7-11-17(19)22/h6-11H,4-5,12H2,1-3H3,(H,23,26). The molecule has 0 aliphatic heterocycles. The third-order valence-corrected chi connectivity index (χ3v) is 4.14. The maximum absolute atomic E-state index is 13.7. The first kappa shape index (κ1) is 19.6. The first-order chi connectivity index (χ1) is 12.4. The predicted molar refractivity (Wildman–Crippen MR) is 98.2 cm³/mol. The van der Waals surface area contributed by atoms with Crippen molar-refractivity contribution in [2.24, 2.45) is 0 Å². The van der Waals surface area contributed by atoms with E-state index in [2.05, 4.69) is 5.32 Å². The van der Waals surface area contributed by atoms with Gasteiger partial charge in [0.2, 0.25) is 11.8 Å². The highest BCUT2D eigenvalue weighted by Crippen LogP contribution is 2.27. The van der Waals surface area contributed by atoms with Crippen LogP contribution in [-0.2, 0) is 22.4 Å². The van der Waals surface area contributed by atoms with E-state index >= 15 is 0 Å². The van der Waals surface area contributed by atoms with Gasteiger partial charge in [-0.25, -0.2) is 8.78 Å². The van der Waals surface area contributed by atoms with Crippen LogP contribution in [0.2, 0.25) is 0 Å². The van der Waals surface area contributed by atoms with Crippen LogP contribution in [0, 0.1) is 11.6 Å². The minimum Gasteiger partial charge on any atom is -0.320 e. The van der Waals surface area contributed by atoms with Gasteiger partial charge in [-0.2, -0.15) is 0 Å². The summed E-state index contributed by atoms with van der Waals surface area (Å²) >= 11 is 0. The van der Waals surface area contributed by atoms with E-state index in [0.717, 1.165) is 23.3 Å². The summed E-state index contributed by atoms with van der Waals surface area (Å²) in [6.45, 7) is 4.97. The molecule has 0 atom stereocenters. The second-order valence-corrected chi connectivity index (χ2v) is 5.88. The summed E-state index contributed by atoms with van der Waals surface area (Å²) in [5.41, 5.74) is 2.04. The van der Waals surface area contributed by atoms with Gasteiger partial charge in [-0.1, -0.05) is 38.1 Å². The average molecular weight is 360 g/mol. The number of nitrogens with zero attached hydrogens (tertiary/aromatic N) is 1. The Morgan fingerprint density at radius 1 is 0.962 bits per heavy atom. The monoisotopic (exact) mass is 360 g/mol. The summed E-state index contributed by atoms with van der Waals surface area (Å²) in [6.07, 6.45) is 1.38. The number of hydrogen-bond acceptors (Lipinski definition) is 2. The highest BCUT2D eigenvalue weighted by Gasteiger charge is 2.22. The van der Waals surface area contributed by atoms with Crippen LogP contribution in [0.15, 0.2) is 36.4 Å². The fraction of sp³-hybridized carbons (Fsp3) is 0.300. The van der Waals surface area contributed by atoms with E-state index in [4.69, 9.17) is 0 Å². The molecule has 4 nitrogen and oxygen atoms in total. The molecule has 0 spiro atoms.